The molecule has 2 N–H and O–H groups in total. The van der Waals surface area contributed by atoms with E-state index in [1.807, 2.05) is 43.9 Å². The zero-order valence-corrected chi connectivity index (χ0v) is 19.1. The van der Waals surface area contributed by atoms with Crippen LogP contribution in [0.25, 0.3) is 22.7 Å². The van der Waals surface area contributed by atoms with E-state index in [4.69, 9.17) is 9.52 Å². The Morgan fingerprint density at radius 3 is 2.68 bits per heavy atom. The second-order valence-electron chi connectivity index (χ2n) is 9.31. The Morgan fingerprint density at radius 1 is 1.18 bits per heavy atom. The number of carbonyl (C=O) groups is 2. The molecule has 1 aliphatic heterocycles. The molecule has 1 aliphatic rings. The Labute approximate surface area is 196 Å². The summed E-state index contributed by atoms with van der Waals surface area (Å²) >= 11 is 0. The SMILES string of the molecule is CC(C)(C)C(=O)N1CC(n2cc(NC(=O)c3ccc(-c4cn[nH]c4)o3)c(-c3ccccn3)n2)C1. The van der Waals surface area contributed by atoms with Crippen LogP contribution in [-0.2, 0) is 4.79 Å². The third-order valence-corrected chi connectivity index (χ3v) is 5.67. The Kier molecular flexibility index (Phi) is 5.27. The Hall–Kier alpha value is -4.21. The van der Waals surface area contributed by atoms with E-state index in [0.717, 1.165) is 5.56 Å². The van der Waals surface area contributed by atoms with Crippen LogP contribution in [0.15, 0.2) is 59.5 Å². The van der Waals surface area contributed by atoms with Crippen molar-refractivity contribution in [3.63, 3.8) is 0 Å². The van der Waals surface area contributed by atoms with E-state index in [0.29, 0.717) is 35.9 Å². The molecule has 0 unspecified atom stereocenters. The molecule has 0 aromatic carbocycles. The first kappa shape index (κ1) is 21.6. The van der Waals surface area contributed by atoms with Crippen LogP contribution in [0.2, 0.25) is 0 Å². The van der Waals surface area contributed by atoms with Crippen molar-refractivity contribution in [2.75, 3.05) is 18.4 Å². The normalized spacial score (nSPS) is 14.1. The number of carbonyl (C=O) groups excluding carboxylic acids is 2. The van der Waals surface area contributed by atoms with Crippen molar-refractivity contribution in [3.05, 3.63) is 60.9 Å². The minimum absolute atomic E-state index is 0.0238. The lowest BCUT2D eigenvalue weighted by Gasteiger charge is -2.42. The van der Waals surface area contributed by atoms with E-state index < -0.39 is 11.3 Å². The third kappa shape index (κ3) is 4.09. The van der Waals surface area contributed by atoms with E-state index in [2.05, 4.69) is 20.5 Å². The van der Waals surface area contributed by atoms with Gasteiger partial charge in [-0.25, -0.2) is 0 Å². The van der Waals surface area contributed by atoms with Crippen LogP contribution in [0.1, 0.15) is 37.4 Å². The maximum atomic E-state index is 13.0. The zero-order chi connectivity index (χ0) is 23.9. The van der Waals surface area contributed by atoms with Gasteiger partial charge in [-0.1, -0.05) is 26.8 Å². The van der Waals surface area contributed by atoms with Crippen molar-refractivity contribution < 1.29 is 14.0 Å². The summed E-state index contributed by atoms with van der Waals surface area (Å²) in [6.07, 6.45) is 6.77. The van der Waals surface area contributed by atoms with Gasteiger partial charge in [-0.05, 0) is 24.3 Å². The molecule has 5 rings (SSSR count). The van der Waals surface area contributed by atoms with Gasteiger partial charge in [-0.3, -0.25) is 24.4 Å². The molecular formula is C24H25N7O3. The lowest BCUT2D eigenvalue weighted by molar-refractivity contribution is -0.145. The van der Waals surface area contributed by atoms with E-state index in [9.17, 15) is 9.59 Å². The van der Waals surface area contributed by atoms with Gasteiger partial charge in [-0.15, -0.1) is 0 Å². The number of aromatic nitrogens is 5. The topological polar surface area (TPSA) is 122 Å². The predicted molar refractivity (Wildman–Crippen MR) is 125 cm³/mol. The number of aromatic amines is 1. The van der Waals surface area contributed by atoms with Crippen LogP contribution in [-0.4, -0.2) is 54.8 Å². The van der Waals surface area contributed by atoms with Crippen molar-refractivity contribution in [3.8, 4) is 22.7 Å². The number of nitrogens with zero attached hydrogens (tertiary/aromatic N) is 5. The second kappa shape index (κ2) is 8.29. The number of furan rings is 1. The maximum absolute atomic E-state index is 13.0. The molecule has 0 saturated carbocycles. The summed E-state index contributed by atoms with van der Waals surface area (Å²) in [5, 5.41) is 14.2. The number of anilines is 1. The van der Waals surface area contributed by atoms with Crippen molar-refractivity contribution >= 4 is 17.5 Å². The van der Waals surface area contributed by atoms with Crippen molar-refractivity contribution in [2.45, 2.75) is 26.8 Å². The molecule has 0 spiro atoms. The highest BCUT2D eigenvalue weighted by molar-refractivity contribution is 6.04. The summed E-state index contributed by atoms with van der Waals surface area (Å²) in [4.78, 5) is 31.7. The van der Waals surface area contributed by atoms with Gasteiger partial charge in [0.25, 0.3) is 5.91 Å². The highest BCUT2D eigenvalue weighted by Gasteiger charge is 2.38. The molecule has 0 aliphatic carbocycles. The Morgan fingerprint density at radius 2 is 2.00 bits per heavy atom. The summed E-state index contributed by atoms with van der Waals surface area (Å²) < 4.78 is 7.50. The van der Waals surface area contributed by atoms with E-state index in [-0.39, 0.29) is 17.7 Å². The minimum Gasteiger partial charge on any atom is -0.451 e. The number of hydrogen-bond donors (Lipinski definition) is 2. The van der Waals surface area contributed by atoms with Gasteiger partial charge in [-0.2, -0.15) is 10.2 Å². The Balaban J connectivity index is 1.38. The first-order valence-electron chi connectivity index (χ1n) is 11.0. The monoisotopic (exact) mass is 459 g/mol. The molecule has 0 atom stereocenters. The number of H-pyrrole nitrogens is 1. The van der Waals surface area contributed by atoms with Crippen LogP contribution in [0.5, 0.6) is 0 Å². The molecule has 2 amide bonds. The van der Waals surface area contributed by atoms with Crippen LogP contribution in [0, 0.1) is 5.41 Å². The van der Waals surface area contributed by atoms with E-state index in [1.54, 1.807) is 41.6 Å². The lowest BCUT2D eigenvalue weighted by Crippen LogP contribution is -2.54. The number of pyridine rings is 1. The maximum Gasteiger partial charge on any atom is 0.291 e. The van der Waals surface area contributed by atoms with Gasteiger partial charge in [0.15, 0.2) is 5.76 Å². The van der Waals surface area contributed by atoms with Gasteiger partial charge in [0.1, 0.15) is 11.5 Å². The van der Waals surface area contributed by atoms with Crippen molar-refractivity contribution in [2.24, 2.45) is 5.41 Å². The van der Waals surface area contributed by atoms with Crippen molar-refractivity contribution in [1.29, 1.82) is 0 Å². The highest BCUT2D eigenvalue weighted by Crippen LogP contribution is 2.32. The number of likely N-dealkylation sites (tertiary alicyclic amines) is 1. The quantitative estimate of drug-likeness (QED) is 0.470. The van der Waals surface area contributed by atoms with Crippen LogP contribution < -0.4 is 5.32 Å². The van der Waals surface area contributed by atoms with Crippen LogP contribution in [0.3, 0.4) is 0 Å². The molecule has 4 aromatic heterocycles. The van der Waals surface area contributed by atoms with E-state index in [1.165, 1.54) is 0 Å². The molecule has 1 fully saturated rings. The van der Waals surface area contributed by atoms with Gasteiger partial charge in [0, 0.05) is 37.1 Å². The highest BCUT2D eigenvalue weighted by atomic mass is 16.4. The fraction of sp³-hybridized carbons (Fsp3) is 0.292. The van der Waals surface area contributed by atoms with E-state index >= 15 is 0 Å². The summed E-state index contributed by atoms with van der Waals surface area (Å²) in [7, 11) is 0. The van der Waals surface area contributed by atoms with Gasteiger partial charge in [0.05, 0.1) is 29.2 Å². The molecule has 0 bridgehead atoms. The van der Waals surface area contributed by atoms with Gasteiger partial charge < -0.3 is 14.6 Å². The lowest BCUT2D eigenvalue weighted by atomic mass is 9.92. The average Bonchev–Trinajstić information content (AvgIpc) is 3.53. The first-order chi connectivity index (χ1) is 16.3. The summed E-state index contributed by atoms with van der Waals surface area (Å²) in [6.45, 7) is 6.88. The molecule has 10 nitrogen and oxygen atoms in total. The predicted octanol–water partition coefficient (Wildman–Crippen LogP) is 3.61. The van der Waals surface area contributed by atoms with Crippen molar-refractivity contribution in [1.82, 2.24) is 29.9 Å². The molecule has 5 heterocycles. The second-order valence-corrected chi connectivity index (χ2v) is 9.31. The molecule has 34 heavy (non-hydrogen) atoms. The fourth-order valence-electron chi connectivity index (χ4n) is 3.81. The number of rotatable bonds is 5. The van der Waals surface area contributed by atoms with Crippen LogP contribution >= 0.6 is 0 Å². The van der Waals surface area contributed by atoms with Crippen LogP contribution in [0.4, 0.5) is 5.69 Å². The molecule has 0 radical (unpaired) electrons. The molecule has 4 aromatic rings. The standard InChI is InChI=1S/C24H25N7O3/c1-24(2,3)23(33)30-12-16(13-30)31-14-18(21(29-31)17-6-4-5-9-25-17)28-22(32)20-8-7-19(34-20)15-10-26-27-11-15/h4-11,14,16H,12-13H2,1-3H3,(H,26,27)(H,28,32). The Bertz CT molecular complexity index is 1310. The molecular weight excluding hydrogens is 434 g/mol. The van der Waals surface area contributed by atoms with Gasteiger partial charge >= 0.3 is 0 Å². The first-order valence-corrected chi connectivity index (χ1v) is 11.0. The number of amides is 2. The summed E-state index contributed by atoms with van der Waals surface area (Å²) in [5.41, 5.74) is 2.03. The zero-order valence-electron chi connectivity index (χ0n) is 19.1. The minimum atomic E-state index is -0.425. The number of hydrogen-bond acceptors (Lipinski definition) is 6. The summed E-state index contributed by atoms with van der Waals surface area (Å²) in [6, 6.07) is 8.88. The van der Waals surface area contributed by atoms with Gasteiger partial charge in [0.2, 0.25) is 5.91 Å². The summed E-state index contributed by atoms with van der Waals surface area (Å²) in [5.74, 6) is 0.421. The molecule has 1 saturated heterocycles. The molecule has 174 valence electrons. The third-order valence-electron chi connectivity index (χ3n) is 5.67. The smallest absolute Gasteiger partial charge is 0.291 e. The largest absolute Gasteiger partial charge is 0.451 e. The molecule has 10 heteroatoms. The number of nitrogens with one attached hydrogen (secondary N) is 2. The average molecular weight is 460 g/mol. The fourth-order valence-corrected chi connectivity index (χ4v) is 3.81.